The lowest BCUT2D eigenvalue weighted by Gasteiger charge is -2.10. The van der Waals surface area contributed by atoms with Crippen molar-refractivity contribution in [3.05, 3.63) is 23.3 Å². The third-order valence-corrected chi connectivity index (χ3v) is 1.98. The summed E-state index contributed by atoms with van der Waals surface area (Å²) < 4.78 is 9.59. The Balaban J connectivity index is 0.00000256. The van der Waals surface area contributed by atoms with Gasteiger partial charge in [-0.15, -0.1) is 12.4 Å². The predicted molar refractivity (Wildman–Crippen MR) is 60.7 cm³/mol. The van der Waals surface area contributed by atoms with Crippen LogP contribution in [0.2, 0.25) is 0 Å². The third-order valence-electron chi connectivity index (χ3n) is 1.98. The maximum Gasteiger partial charge on any atom is 0.339 e. The number of carbonyl (C=O) groups is 2. The molecule has 0 aliphatic rings. The van der Waals surface area contributed by atoms with Gasteiger partial charge in [-0.1, -0.05) is 0 Å². The Hall–Kier alpha value is -1.95. The van der Waals surface area contributed by atoms with Crippen molar-refractivity contribution in [2.45, 2.75) is 0 Å². The number of carboxylic acids is 2. The highest BCUT2D eigenvalue weighted by molar-refractivity contribution is 5.97. The van der Waals surface area contributed by atoms with E-state index >= 15 is 0 Å². The summed E-state index contributed by atoms with van der Waals surface area (Å²) in [7, 11) is 2.53. The molecule has 0 saturated carbocycles. The van der Waals surface area contributed by atoms with Crippen molar-refractivity contribution in [3.8, 4) is 11.5 Å². The van der Waals surface area contributed by atoms with E-state index in [1.165, 1.54) is 14.2 Å². The fraction of sp³-hybridized carbons (Fsp3) is 0.200. The molecule has 0 heterocycles. The van der Waals surface area contributed by atoms with Crippen molar-refractivity contribution >= 4 is 24.3 Å². The smallest absolute Gasteiger partial charge is 0.339 e. The van der Waals surface area contributed by atoms with Crippen molar-refractivity contribution in [2.24, 2.45) is 0 Å². The molecule has 1 aromatic rings. The van der Waals surface area contributed by atoms with E-state index in [0.29, 0.717) is 0 Å². The van der Waals surface area contributed by atoms with Gasteiger partial charge in [-0.05, 0) is 12.1 Å². The van der Waals surface area contributed by atoms with Gasteiger partial charge in [-0.25, -0.2) is 9.59 Å². The Kier molecular flexibility index (Phi) is 5.27. The van der Waals surface area contributed by atoms with Gasteiger partial charge in [0.2, 0.25) is 0 Å². The summed E-state index contributed by atoms with van der Waals surface area (Å²) in [6.07, 6.45) is 0. The summed E-state index contributed by atoms with van der Waals surface area (Å²) in [4.78, 5) is 21.7. The van der Waals surface area contributed by atoms with Gasteiger partial charge in [0.25, 0.3) is 0 Å². The van der Waals surface area contributed by atoms with Crippen molar-refractivity contribution in [1.82, 2.24) is 0 Å². The number of ether oxygens (including phenoxy) is 2. The minimum Gasteiger partial charge on any atom is -0.496 e. The first-order valence-corrected chi connectivity index (χ1v) is 4.23. The molecule has 0 fully saturated rings. The molecule has 94 valence electrons. The van der Waals surface area contributed by atoms with E-state index in [1.54, 1.807) is 0 Å². The highest BCUT2D eigenvalue weighted by atomic mass is 35.5. The number of rotatable bonds is 4. The summed E-state index contributed by atoms with van der Waals surface area (Å²) in [5.74, 6) is -2.48. The van der Waals surface area contributed by atoms with Crippen LogP contribution in [-0.4, -0.2) is 36.4 Å². The molecule has 2 N–H and O–H groups in total. The lowest BCUT2D eigenvalue weighted by Crippen LogP contribution is -2.06. The number of halogens is 1. The van der Waals surface area contributed by atoms with E-state index in [0.717, 1.165) is 12.1 Å². The second kappa shape index (κ2) is 5.95. The molecule has 0 aromatic heterocycles. The summed E-state index contributed by atoms with van der Waals surface area (Å²) in [5, 5.41) is 17.7. The van der Waals surface area contributed by atoms with Crippen LogP contribution in [0, 0.1) is 0 Å². The molecule has 17 heavy (non-hydrogen) atoms. The Labute approximate surface area is 103 Å². The Morgan fingerprint density at radius 1 is 0.941 bits per heavy atom. The Bertz CT molecular complexity index is 401. The van der Waals surface area contributed by atoms with Crippen LogP contribution in [0.1, 0.15) is 20.7 Å². The molecule has 0 bridgehead atoms. The zero-order chi connectivity index (χ0) is 12.3. The van der Waals surface area contributed by atoms with Gasteiger partial charge in [0.1, 0.15) is 22.6 Å². The van der Waals surface area contributed by atoms with Crippen LogP contribution >= 0.6 is 12.4 Å². The maximum atomic E-state index is 10.8. The number of hydrogen-bond acceptors (Lipinski definition) is 4. The normalized spacial score (nSPS) is 9.06. The van der Waals surface area contributed by atoms with Crippen LogP contribution in [0.25, 0.3) is 0 Å². The quantitative estimate of drug-likeness (QED) is 0.855. The number of benzene rings is 1. The van der Waals surface area contributed by atoms with Gasteiger partial charge < -0.3 is 19.7 Å². The van der Waals surface area contributed by atoms with Gasteiger partial charge in [0.15, 0.2) is 0 Å². The topological polar surface area (TPSA) is 93.1 Å². The summed E-state index contributed by atoms with van der Waals surface area (Å²) in [6, 6.07) is 2.23. The molecule has 0 atom stereocenters. The number of carboxylic acid groups (broad SMARTS) is 2. The van der Waals surface area contributed by atoms with Crippen LogP contribution in [0.3, 0.4) is 0 Å². The Morgan fingerprint density at radius 3 is 1.41 bits per heavy atom. The first-order chi connectivity index (χ1) is 7.51. The van der Waals surface area contributed by atoms with E-state index in [9.17, 15) is 9.59 Å². The van der Waals surface area contributed by atoms with Gasteiger partial charge in [0, 0.05) is 0 Å². The van der Waals surface area contributed by atoms with Crippen LogP contribution in [0.4, 0.5) is 0 Å². The fourth-order valence-electron chi connectivity index (χ4n) is 1.23. The molecule has 0 unspecified atom stereocenters. The first-order valence-electron chi connectivity index (χ1n) is 4.23. The zero-order valence-electron chi connectivity index (χ0n) is 9.09. The van der Waals surface area contributed by atoms with Crippen LogP contribution in [0.15, 0.2) is 12.1 Å². The highest BCUT2D eigenvalue weighted by Gasteiger charge is 2.19. The average molecular weight is 263 g/mol. The largest absolute Gasteiger partial charge is 0.496 e. The molecule has 0 amide bonds. The van der Waals surface area contributed by atoms with Gasteiger partial charge in [-0.2, -0.15) is 0 Å². The number of hydrogen-bond donors (Lipinski definition) is 2. The van der Waals surface area contributed by atoms with Crippen LogP contribution in [0.5, 0.6) is 11.5 Å². The number of methoxy groups -OCH3 is 2. The molecular formula is C10H11ClO6. The summed E-state index contributed by atoms with van der Waals surface area (Å²) in [5.41, 5.74) is -0.297. The van der Waals surface area contributed by atoms with E-state index in [4.69, 9.17) is 19.7 Å². The van der Waals surface area contributed by atoms with Crippen molar-refractivity contribution in [1.29, 1.82) is 0 Å². The molecular weight excluding hydrogens is 252 g/mol. The molecule has 0 radical (unpaired) electrons. The molecule has 0 aliphatic carbocycles. The second-order valence-electron chi connectivity index (χ2n) is 2.86. The van der Waals surface area contributed by atoms with Crippen LogP contribution in [-0.2, 0) is 0 Å². The standard InChI is InChI=1S/C10H10O6.ClH/c1-15-7-3-6(10(13)14)8(16-2)4-5(7)9(11)12;/h3-4H,1-2H3,(H,11,12)(H,13,14);1H. The minimum atomic E-state index is -1.22. The summed E-state index contributed by atoms with van der Waals surface area (Å²) in [6.45, 7) is 0. The summed E-state index contributed by atoms with van der Waals surface area (Å²) >= 11 is 0. The second-order valence-corrected chi connectivity index (χ2v) is 2.86. The van der Waals surface area contributed by atoms with Gasteiger partial charge >= 0.3 is 11.9 Å². The SMILES string of the molecule is COc1cc(C(=O)O)c(OC)cc1C(=O)O.Cl. The predicted octanol–water partition coefficient (Wildman–Crippen LogP) is 1.52. The minimum absolute atomic E-state index is 0. The monoisotopic (exact) mass is 262 g/mol. The van der Waals surface area contributed by atoms with Crippen molar-refractivity contribution in [2.75, 3.05) is 14.2 Å². The Morgan fingerprint density at radius 2 is 1.24 bits per heavy atom. The highest BCUT2D eigenvalue weighted by Crippen LogP contribution is 2.28. The third kappa shape index (κ3) is 3.01. The lowest BCUT2D eigenvalue weighted by molar-refractivity contribution is 0.0674. The van der Waals surface area contributed by atoms with Gasteiger partial charge in [0.05, 0.1) is 14.2 Å². The molecule has 1 rings (SSSR count). The van der Waals surface area contributed by atoms with Crippen LogP contribution < -0.4 is 9.47 Å². The molecule has 0 spiro atoms. The fourth-order valence-corrected chi connectivity index (χ4v) is 1.23. The van der Waals surface area contributed by atoms with E-state index < -0.39 is 11.9 Å². The first kappa shape index (κ1) is 15.0. The van der Waals surface area contributed by atoms with Crippen molar-refractivity contribution in [3.63, 3.8) is 0 Å². The zero-order valence-corrected chi connectivity index (χ0v) is 9.91. The van der Waals surface area contributed by atoms with E-state index in [2.05, 4.69) is 0 Å². The lowest BCUT2D eigenvalue weighted by atomic mass is 10.1. The molecule has 0 aliphatic heterocycles. The molecule has 1 aromatic carbocycles. The maximum absolute atomic E-state index is 10.8. The molecule has 0 saturated heterocycles. The average Bonchev–Trinajstić information content (AvgIpc) is 2.26. The van der Waals surface area contributed by atoms with E-state index in [-0.39, 0.29) is 35.0 Å². The number of aromatic carboxylic acids is 2. The van der Waals surface area contributed by atoms with Crippen molar-refractivity contribution < 1.29 is 29.3 Å². The molecule has 7 heteroatoms. The molecule has 6 nitrogen and oxygen atoms in total. The van der Waals surface area contributed by atoms with E-state index in [1.807, 2.05) is 0 Å². The van der Waals surface area contributed by atoms with Gasteiger partial charge in [-0.3, -0.25) is 0 Å².